The topological polar surface area (TPSA) is 850 Å². The van der Waals surface area contributed by atoms with Gasteiger partial charge in [-0.1, -0.05) is 6.07 Å². The van der Waals surface area contributed by atoms with Gasteiger partial charge in [0.05, 0.1) is 111 Å². The number of nitrogens with zero attached hydrogens (tertiary/aromatic N) is 9. The second-order valence-corrected chi connectivity index (χ2v) is 21.9. The van der Waals surface area contributed by atoms with Crippen LogP contribution in [0, 0.1) is 91.0 Å². The zero-order chi connectivity index (χ0) is 92.7. The van der Waals surface area contributed by atoms with Gasteiger partial charge in [0.1, 0.15) is 35.9 Å². The highest BCUT2D eigenvalue weighted by Crippen LogP contribution is 2.43. The molecule has 53 heteroatoms. The molecule has 9 aromatic carbocycles. The van der Waals surface area contributed by atoms with E-state index in [0.29, 0.717) is 50.3 Å². The van der Waals surface area contributed by atoms with Crippen molar-refractivity contribution >= 4 is 155 Å². The molecule has 0 saturated carbocycles. The van der Waals surface area contributed by atoms with Crippen molar-refractivity contribution in [1.82, 2.24) is 0 Å². The molecule has 0 aromatic heterocycles. The summed E-state index contributed by atoms with van der Waals surface area (Å²) in [6.45, 7) is 0. The molecule has 0 radical (unpaired) electrons. The number of halogens is 1. The Labute approximate surface area is 672 Å². The summed E-state index contributed by atoms with van der Waals surface area (Å²) < 4.78 is -0.0735. The number of para-hydroxylation sites is 1. The van der Waals surface area contributed by atoms with Gasteiger partial charge >= 0.3 is 22.7 Å². The first-order chi connectivity index (χ1) is 56.9. The molecule has 0 aliphatic rings. The van der Waals surface area contributed by atoms with E-state index < -0.39 is 159 Å². The zero-order valence-corrected chi connectivity index (χ0v) is 60.5. The summed E-state index contributed by atoms with van der Waals surface area (Å²) in [5, 5.41) is 193. The van der Waals surface area contributed by atoms with Gasteiger partial charge in [0, 0.05) is 52.6 Å². The number of carbonyl (C=O) groups is 14. The third-order valence-electron chi connectivity index (χ3n) is 13.8. The molecule has 0 aliphatic carbocycles. The third kappa shape index (κ3) is 27.6. The van der Waals surface area contributed by atoms with Crippen molar-refractivity contribution in [1.29, 1.82) is 0 Å². The Hall–Kier alpha value is -18.8. The van der Waals surface area contributed by atoms with E-state index in [2.05, 4.69) is 15.9 Å². The van der Waals surface area contributed by atoms with E-state index in [1.165, 1.54) is 30.3 Å². The smallest absolute Gasteiger partial charge is 0.325 e. The van der Waals surface area contributed by atoms with Gasteiger partial charge in [-0.25, -0.2) is 0 Å². The molecular weight excluding hydrogens is 1710 g/mol. The summed E-state index contributed by atoms with van der Waals surface area (Å²) in [5.74, 6) is -7.58. The summed E-state index contributed by atoms with van der Waals surface area (Å²) in [6.07, 6.45) is 4.28. The molecular formula is C68H44BrN9O43. The van der Waals surface area contributed by atoms with E-state index in [0.717, 1.165) is 84.9 Å². The zero-order valence-electron chi connectivity index (χ0n) is 58.9. The Bertz CT molecular complexity index is 5650. The SMILES string of the molecule is O=Cc1cc(C=O)c(O)c([N+](=O)[O-])c1.O=Cc1cc(C=O)c([N+](=O)[O-])cc1O.O=Cc1cc(O)c(O)c([N+](=O)[O-])c1.O=Cc1cc(O)c(O)cc1[N+](=O)[O-].O=Cc1cc([N+](=O)[O-])c(O)c(O)c1Br.O=Cc1ccc(O)c(C=O)c1[N+](=O)[O-].O=Cc1ccc(O)c(O)c1[N+](=O)[O-].O=Cc1ccc([N+](=O)[O-])c(C=O)c1.O=Cc1cccc(C=O)c1[N+](=O)[O-]. The predicted octanol–water partition coefficient (Wildman–Crippen LogP) is 9.25. The predicted molar refractivity (Wildman–Crippen MR) is 399 cm³/mol. The van der Waals surface area contributed by atoms with E-state index in [9.17, 15) is 168 Å². The van der Waals surface area contributed by atoms with Gasteiger partial charge in [-0.2, -0.15) is 0 Å². The molecule has 0 spiro atoms. The largest absolute Gasteiger partial charge is 0.507 e. The number of nitro benzene ring substituents is 9. The second-order valence-electron chi connectivity index (χ2n) is 21.1. The van der Waals surface area contributed by atoms with Gasteiger partial charge in [-0.15, -0.1) is 0 Å². The molecule has 626 valence electrons. The van der Waals surface area contributed by atoms with Crippen LogP contribution in [-0.4, -0.2) is 188 Å². The maximum Gasteiger partial charge on any atom is 0.325 e. The minimum absolute atomic E-state index is 0.0309. The number of aromatic hydroxyl groups is 11. The summed E-state index contributed by atoms with van der Waals surface area (Å²) >= 11 is 2.81. The standard InChI is InChI=1S/3C8H5NO5.2C8H5NO4.C7H4BrNO5.3C7H5NO5/c10-3-5-1-6(4-11)8(12)2-7(5)9(13)14;10-3-5-1-6(4-11)8(12)7(2-5)9(13)14;10-3-5-1-2-7(12)6(4-11)8(5)9(13)14;10-4-6-1-2-8(9(12)13)7(3-6)5-11;10-4-6-2-1-3-7(5-11)8(6)9(12)13;8-5-3(2-10)1-4(9(13)14)6(11)7(5)12;9-3-4-1-6(10)7(11)2-5(4)8(12)13;9-3-4-1-5(8(12)13)7(11)6(10)2-4;9-3-4-1-2-5(10)7(11)6(4)8(12)13/h3*1-4,12H;2*1-5H;1-2,11-12H;3*1-3,10-11H. The fourth-order valence-corrected chi connectivity index (χ4v) is 8.64. The summed E-state index contributed by atoms with van der Waals surface area (Å²) in [7, 11) is 0. The van der Waals surface area contributed by atoms with Gasteiger partial charge in [-0.3, -0.25) is 158 Å². The van der Waals surface area contributed by atoms with Gasteiger partial charge in [0.15, 0.2) is 97.9 Å². The molecule has 0 aliphatic heterocycles. The van der Waals surface area contributed by atoms with E-state index in [-0.39, 0.29) is 120 Å². The third-order valence-corrected chi connectivity index (χ3v) is 14.6. The van der Waals surface area contributed by atoms with Crippen LogP contribution in [0.2, 0.25) is 0 Å². The fourth-order valence-electron chi connectivity index (χ4n) is 8.24. The first-order valence-electron chi connectivity index (χ1n) is 30.3. The summed E-state index contributed by atoms with van der Waals surface area (Å²) in [4.78, 5) is 231. The molecule has 11 N–H and O–H groups in total. The highest BCUT2D eigenvalue weighted by molar-refractivity contribution is 9.10. The fraction of sp³-hybridized carbons (Fsp3) is 0. The maximum absolute atomic E-state index is 10.5. The lowest BCUT2D eigenvalue weighted by atomic mass is 10.1. The number of carbonyl (C=O) groups excluding carboxylic acids is 14. The molecule has 52 nitrogen and oxygen atoms in total. The van der Waals surface area contributed by atoms with Crippen LogP contribution in [0.5, 0.6) is 63.2 Å². The van der Waals surface area contributed by atoms with Crippen LogP contribution in [0.1, 0.15) is 145 Å². The Morgan fingerprint density at radius 3 is 0.975 bits per heavy atom. The van der Waals surface area contributed by atoms with Crippen LogP contribution < -0.4 is 0 Å². The second kappa shape index (κ2) is 47.6. The Morgan fingerprint density at radius 2 is 0.570 bits per heavy atom. The van der Waals surface area contributed by atoms with Crippen LogP contribution >= 0.6 is 15.9 Å². The number of hydrogen-bond acceptors (Lipinski definition) is 43. The van der Waals surface area contributed by atoms with Gasteiger partial charge in [0.2, 0.25) is 23.0 Å². The molecule has 0 amide bonds. The van der Waals surface area contributed by atoms with E-state index in [1.54, 1.807) is 0 Å². The van der Waals surface area contributed by atoms with Crippen LogP contribution in [0.25, 0.3) is 0 Å². The number of aldehydes is 14. The first-order valence-corrected chi connectivity index (χ1v) is 31.1. The lowest BCUT2D eigenvalue weighted by Crippen LogP contribution is -1.99. The Morgan fingerprint density at radius 1 is 0.215 bits per heavy atom. The maximum atomic E-state index is 10.5. The highest BCUT2D eigenvalue weighted by Gasteiger charge is 2.27. The minimum Gasteiger partial charge on any atom is -0.507 e. The van der Waals surface area contributed by atoms with Gasteiger partial charge in [0.25, 0.3) is 28.4 Å². The lowest BCUT2D eigenvalue weighted by molar-refractivity contribution is -0.386. The van der Waals surface area contributed by atoms with Crippen molar-refractivity contribution in [3.8, 4) is 63.2 Å². The van der Waals surface area contributed by atoms with Crippen molar-refractivity contribution in [3.63, 3.8) is 0 Å². The molecule has 0 atom stereocenters. The monoisotopic (exact) mass is 1750 g/mol. The van der Waals surface area contributed by atoms with Crippen LogP contribution in [0.4, 0.5) is 51.2 Å². The first kappa shape index (κ1) is 100. The lowest BCUT2D eigenvalue weighted by Gasteiger charge is -2.03. The average molecular weight is 1760 g/mol. The summed E-state index contributed by atoms with van der Waals surface area (Å²) in [6, 6.07) is 19.7. The number of phenolic OH excluding ortho intramolecular Hbond substituents is 11. The number of nitro groups is 9. The molecule has 0 heterocycles. The van der Waals surface area contributed by atoms with Crippen LogP contribution in [0.3, 0.4) is 0 Å². The van der Waals surface area contributed by atoms with E-state index in [1.807, 2.05) is 0 Å². The van der Waals surface area contributed by atoms with Crippen molar-refractivity contribution < 1.29 is 168 Å². The van der Waals surface area contributed by atoms with Crippen LogP contribution in [-0.2, 0) is 0 Å². The molecule has 0 unspecified atom stereocenters. The molecule has 121 heavy (non-hydrogen) atoms. The average Bonchev–Trinajstić information content (AvgIpc) is 0.623. The Kier molecular flexibility index (Phi) is 39.4. The highest BCUT2D eigenvalue weighted by atomic mass is 79.9. The van der Waals surface area contributed by atoms with E-state index >= 15 is 0 Å². The molecule has 0 saturated heterocycles. The normalized spacial score (nSPS) is 9.46. The van der Waals surface area contributed by atoms with Gasteiger partial charge in [-0.05, 0) is 82.7 Å². The number of phenols is 11. The van der Waals surface area contributed by atoms with Crippen molar-refractivity contribution in [2.75, 3.05) is 0 Å². The van der Waals surface area contributed by atoms with Gasteiger partial charge < -0.3 is 56.2 Å². The summed E-state index contributed by atoms with van der Waals surface area (Å²) in [5.41, 5.74) is -7.49. The number of hydrogen-bond donors (Lipinski definition) is 11. The molecule has 9 aromatic rings. The van der Waals surface area contributed by atoms with Crippen molar-refractivity contribution in [2.45, 2.75) is 0 Å². The van der Waals surface area contributed by atoms with E-state index in [4.69, 9.17) is 46.0 Å². The number of benzene rings is 9. The van der Waals surface area contributed by atoms with Crippen molar-refractivity contribution in [2.24, 2.45) is 0 Å². The van der Waals surface area contributed by atoms with Crippen molar-refractivity contribution in [3.05, 3.63) is 289 Å². The number of rotatable bonds is 23. The molecule has 0 bridgehead atoms. The van der Waals surface area contributed by atoms with Crippen LogP contribution in [0.15, 0.2) is 120 Å². The Balaban J connectivity index is 0.000000681. The molecule has 9 rings (SSSR count). The quantitative estimate of drug-likeness (QED) is 0.0123. The minimum atomic E-state index is -0.932. The molecule has 0 fully saturated rings.